The van der Waals surface area contributed by atoms with Crippen LogP contribution in [0.4, 0.5) is 5.82 Å². The lowest BCUT2D eigenvalue weighted by Gasteiger charge is -2.10. The number of hydrogen-bond donors (Lipinski definition) is 2. The van der Waals surface area contributed by atoms with Gasteiger partial charge in [-0.15, -0.1) is 5.10 Å². The van der Waals surface area contributed by atoms with Crippen molar-refractivity contribution in [2.24, 2.45) is 5.10 Å². The molecule has 0 saturated carbocycles. The van der Waals surface area contributed by atoms with Gasteiger partial charge in [0.1, 0.15) is 17.2 Å². The summed E-state index contributed by atoms with van der Waals surface area (Å²) in [5.74, 6) is 0.728. The molecule has 3 N–H and O–H groups in total. The first-order valence-corrected chi connectivity index (χ1v) is 10.3. The van der Waals surface area contributed by atoms with E-state index >= 15 is 0 Å². The Morgan fingerprint density at radius 1 is 1.21 bits per heavy atom. The SMILES string of the molecule is CCOc1ccccc1C(C)=NNC(=O)c1nnn(-c2nonc2N)c1-c1cccc(OC)c1. The minimum absolute atomic E-state index is 0.00898. The van der Waals surface area contributed by atoms with Crippen LogP contribution >= 0.6 is 0 Å². The zero-order valence-corrected chi connectivity index (χ0v) is 18.7. The van der Waals surface area contributed by atoms with E-state index in [0.29, 0.717) is 35.1 Å². The van der Waals surface area contributed by atoms with Gasteiger partial charge in [0.15, 0.2) is 5.69 Å². The molecule has 4 aromatic rings. The number of amides is 1. The summed E-state index contributed by atoms with van der Waals surface area (Å²) in [6.45, 7) is 4.16. The average Bonchev–Trinajstić information content (AvgIpc) is 3.49. The quantitative estimate of drug-likeness (QED) is 0.297. The van der Waals surface area contributed by atoms with Crippen LogP contribution in [0.3, 0.4) is 0 Å². The number of aromatic nitrogens is 5. The molecule has 2 aromatic heterocycles. The molecule has 4 rings (SSSR count). The number of nitrogen functional groups attached to an aromatic ring is 1. The van der Waals surface area contributed by atoms with Crippen molar-refractivity contribution in [3.05, 3.63) is 59.8 Å². The van der Waals surface area contributed by atoms with Crippen LogP contribution in [0.2, 0.25) is 0 Å². The Kier molecular flexibility index (Phi) is 6.48. The average molecular weight is 462 g/mol. The third-order valence-electron chi connectivity index (χ3n) is 4.83. The predicted molar refractivity (Wildman–Crippen MR) is 123 cm³/mol. The fourth-order valence-electron chi connectivity index (χ4n) is 3.24. The molecular formula is C22H22N8O4. The Morgan fingerprint density at radius 3 is 2.76 bits per heavy atom. The minimum Gasteiger partial charge on any atom is -0.497 e. The van der Waals surface area contributed by atoms with Crippen molar-refractivity contribution in [1.82, 2.24) is 30.7 Å². The summed E-state index contributed by atoms with van der Waals surface area (Å²) >= 11 is 0. The van der Waals surface area contributed by atoms with Crippen molar-refractivity contribution in [3.63, 3.8) is 0 Å². The number of ether oxygens (including phenoxy) is 2. The number of rotatable bonds is 8. The first-order valence-electron chi connectivity index (χ1n) is 10.3. The summed E-state index contributed by atoms with van der Waals surface area (Å²) in [7, 11) is 1.54. The molecule has 12 heteroatoms. The lowest BCUT2D eigenvalue weighted by atomic mass is 10.1. The van der Waals surface area contributed by atoms with E-state index < -0.39 is 5.91 Å². The number of para-hydroxylation sites is 1. The number of carbonyl (C=O) groups excluding carboxylic acids is 1. The molecule has 34 heavy (non-hydrogen) atoms. The molecule has 0 unspecified atom stereocenters. The van der Waals surface area contributed by atoms with Crippen LogP contribution in [0, 0.1) is 0 Å². The number of methoxy groups -OCH3 is 1. The monoisotopic (exact) mass is 462 g/mol. The van der Waals surface area contributed by atoms with Crippen LogP contribution in [0.15, 0.2) is 58.3 Å². The number of carbonyl (C=O) groups is 1. The lowest BCUT2D eigenvalue weighted by Crippen LogP contribution is -2.21. The molecule has 0 atom stereocenters. The van der Waals surface area contributed by atoms with Crippen LogP contribution in [-0.2, 0) is 0 Å². The third kappa shape index (κ3) is 4.41. The van der Waals surface area contributed by atoms with E-state index in [0.717, 1.165) is 5.56 Å². The smallest absolute Gasteiger partial charge is 0.294 e. The molecule has 0 bridgehead atoms. The molecule has 2 aromatic carbocycles. The Balaban J connectivity index is 1.72. The van der Waals surface area contributed by atoms with Crippen molar-refractivity contribution >= 4 is 17.4 Å². The second-order valence-electron chi connectivity index (χ2n) is 6.97. The molecular weight excluding hydrogens is 440 g/mol. The Bertz CT molecular complexity index is 1340. The van der Waals surface area contributed by atoms with Gasteiger partial charge < -0.3 is 15.2 Å². The van der Waals surface area contributed by atoms with Crippen molar-refractivity contribution in [2.75, 3.05) is 19.5 Å². The number of nitrogens with one attached hydrogen (secondary N) is 1. The van der Waals surface area contributed by atoms with E-state index in [1.54, 1.807) is 38.3 Å². The zero-order chi connectivity index (χ0) is 24.1. The highest BCUT2D eigenvalue weighted by atomic mass is 16.6. The molecule has 0 aliphatic heterocycles. The molecule has 174 valence electrons. The number of hydrogen-bond acceptors (Lipinski definition) is 10. The molecule has 0 aliphatic carbocycles. The number of nitrogens with two attached hydrogens (primary N) is 1. The second kappa shape index (κ2) is 9.81. The van der Waals surface area contributed by atoms with Gasteiger partial charge >= 0.3 is 0 Å². The number of nitrogens with zero attached hydrogens (tertiary/aromatic N) is 6. The van der Waals surface area contributed by atoms with Gasteiger partial charge in [-0.05, 0) is 48.4 Å². The molecule has 0 spiro atoms. The van der Waals surface area contributed by atoms with Gasteiger partial charge in [-0.3, -0.25) is 4.79 Å². The maximum atomic E-state index is 13.1. The summed E-state index contributed by atoms with van der Waals surface area (Å²) < 4.78 is 16.9. The minimum atomic E-state index is -0.590. The van der Waals surface area contributed by atoms with Gasteiger partial charge in [-0.1, -0.05) is 29.5 Å². The fraction of sp³-hybridized carbons (Fsp3) is 0.182. The van der Waals surface area contributed by atoms with Gasteiger partial charge in [0.25, 0.3) is 5.91 Å². The lowest BCUT2D eigenvalue weighted by molar-refractivity contribution is 0.0950. The second-order valence-corrected chi connectivity index (χ2v) is 6.97. The van der Waals surface area contributed by atoms with Crippen molar-refractivity contribution in [2.45, 2.75) is 13.8 Å². The normalized spacial score (nSPS) is 11.3. The number of anilines is 1. The Morgan fingerprint density at radius 2 is 2.03 bits per heavy atom. The number of hydrazone groups is 1. The highest BCUT2D eigenvalue weighted by Gasteiger charge is 2.25. The molecule has 2 heterocycles. The predicted octanol–water partition coefficient (Wildman–Crippen LogP) is 2.46. The standard InChI is InChI=1S/C22H22N8O4/c1-4-33-17-11-6-5-10-16(17)13(2)24-26-22(31)18-19(14-8-7-9-15(12-14)32-3)30(29-25-18)21-20(23)27-34-28-21/h5-12H,4H2,1-3H3,(H2,23,27)(H,26,31). The van der Waals surface area contributed by atoms with Crippen LogP contribution in [0.25, 0.3) is 17.1 Å². The topological polar surface area (TPSA) is 156 Å². The maximum absolute atomic E-state index is 13.1. The van der Waals surface area contributed by atoms with E-state index in [1.807, 2.05) is 31.2 Å². The summed E-state index contributed by atoms with van der Waals surface area (Å²) in [5, 5.41) is 19.7. The van der Waals surface area contributed by atoms with Crippen molar-refractivity contribution in [1.29, 1.82) is 0 Å². The van der Waals surface area contributed by atoms with E-state index in [2.05, 4.69) is 31.2 Å². The molecule has 0 radical (unpaired) electrons. The summed E-state index contributed by atoms with van der Waals surface area (Å²) in [4.78, 5) is 13.1. The van der Waals surface area contributed by atoms with Gasteiger partial charge in [-0.2, -0.15) is 9.78 Å². The van der Waals surface area contributed by atoms with Gasteiger partial charge in [0, 0.05) is 11.1 Å². The summed E-state index contributed by atoms with van der Waals surface area (Å²) in [5.41, 5.74) is 10.6. The molecule has 12 nitrogen and oxygen atoms in total. The van der Waals surface area contributed by atoms with E-state index in [4.69, 9.17) is 19.8 Å². The maximum Gasteiger partial charge on any atom is 0.294 e. The molecule has 0 saturated heterocycles. The highest BCUT2D eigenvalue weighted by Crippen LogP contribution is 2.29. The fourth-order valence-corrected chi connectivity index (χ4v) is 3.24. The highest BCUT2D eigenvalue weighted by molar-refractivity contribution is 6.03. The van der Waals surface area contributed by atoms with Gasteiger partial charge in [0.05, 0.1) is 19.4 Å². The third-order valence-corrected chi connectivity index (χ3v) is 4.83. The number of benzene rings is 2. The van der Waals surface area contributed by atoms with Crippen LogP contribution in [-0.4, -0.2) is 50.6 Å². The Labute approximate surface area is 194 Å². The van der Waals surface area contributed by atoms with E-state index in [-0.39, 0.29) is 17.3 Å². The summed E-state index contributed by atoms with van der Waals surface area (Å²) in [6.07, 6.45) is 0. The Hall–Kier alpha value is -4.74. The zero-order valence-electron chi connectivity index (χ0n) is 18.7. The van der Waals surface area contributed by atoms with Gasteiger partial charge in [0.2, 0.25) is 11.6 Å². The van der Waals surface area contributed by atoms with Crippen LogP contribution in [0.5, 0.6) is 11.5 Å². The van der Waals surface area contributed by atoms with Crippen molar-refractivity contribution < 1.29 is 18.9 Å². The summed E-state index contributed by atoms with van der Waals surface area (Å²) in [6, 6.07) is 14.5. The largest absolute Gasteiger partial charge is 0.497 e. The first-order chi connectivity index (χ1) is 16.5. The molecule has 1 amide bonds. The van der Waals surface area contributed by atoms with Crippen LogP contribution in [0.1, 0.15) is 29.9 Å². The van der Waals surface area contributed by atoms with E-state index in [9.17, 15) is 4.79 Å². The van der Waals surface area contributed by atoms with E-state index in [1.165, 1.54) is 4.68 Å². The van der Waals surface area contributed by atoms with Crippen molar-refractivity contribution in [3.8, 4) is 28.6 Å². The van der Waals surface area contributed by atoms with Crippen LogP contribution < -0.4 is 20.6 Å². The molecule has 0 aliphatic rings. The first kappa shape index (κ1) is 22.5. The van der Waals surface area contributed by atoms with Gasteiger partial charge in [-0.25, -0.2) is 10.1 Å². The molecule has 0 fully saturated rings.